The zero-order valence-corrected chi connectivity index (χ0v) is 9.87. The average molecular weight is 246 g/mol. The van der Waals surface area contributed by atoms with Gasteiger partial charge in [-0.05, 0) is 24.1 Å². The van der Waals surface area contributed by atoms with Crippen molar-refractivity contribution < 1.29 is 14.6 Å². The van der Waals surface area contributed by atoms with E-state index >= 15 is 0 Å². The molecule has 1 atom stereocenters. The molecule has 1 aromatic rings. The maximum atomic E-state index is 10.8. The fourth-order valence-electron chi connectivity index (χ4n) is 1.36. The van der Waals surface area contributed by atoms with Gasteiger partial charge in [0, 0.05) is 6.54 Å². The number of halogens is 1. The molecule has 0 aliphatic heterocycles. The third kappa shape index (κ3) is 4.08. The van der Waals surface area contributed by atoms with Crippen LogP contribution in [0, 0.1) is 5.92 Å². The molecular weight excluding hydrogens is 230 g/mol. The highest BCUT2D eigenvalue weighted by molar-refractivity contribution is 5.85. The summed E-state index contributed by atoms with van der Waals surface area (Å²) < 4.78 is 5.05. The molecule has 16 heavy (non-hydrogen) atoms. The van der Waals surface area contributed by atoms with Gasteiger partial charge in [-0.15, -0.1) is 12.4 Å². The van der Waals surface area contributed by atoms with Crippen LogP contribution in [0.2, 0.25) is 0 Å². The van der Waals surface area contributed by atoms with Gasteiger partial charge in [-0.2, -0.15) is 0 Å². The second kappa shape index (κ2) is 7.09. The molecule has 4 nitrogen and oxygen atoms in total. The fourth-order valence-corrected chi connectivity index (χ4v) is 1.36. The molecule has 5 heteroatoms. The van der Waals surface area contributed by atoms with Crippen LogP contribution in [0.1, 0.15) is 5.56 Å². The number of aliphatic carboxylic acids is 1. The van der Waals surface area contributed by atoms with Crippen LogP contribution in [0.4, 0.5) is 0 Å². The monoisotopic (exact) mass is 245 g/mol. The molecule has 0 aliphatic carbocycles. The van der Waals surface area contributed by atoms with Gasteiger partial charge >= 0.3 is 5.97 Å². The molecule has 0 fully saturated rings. The molecule has 0 amide bonds. The molecule has 0 bridgehead atoms. The van der Waals surface area contributed by atoms with Crippen molar-refractivity contribution in [2.45, 2.75) is 6.42 Å². The van der Waals surface area contributed by atoms with E-state index in [9.17, 15) is 4.79 Å². The van der Waals surface area contributed by atoms with Crippen LogP contribution in [-0.4, -0.2) is 24.7 Å². The lowest BCUT2D eigenvalue weighted by Crippen LogP contribution is -2.25. The smallest absolute Gasteiger partial charge is 0.308 e. The van der Waals surface area contributed by atoms with Gasteiger partial charge in [0.2, 0.25) is 0 Å². The zero-order chi connectivity index (χ0) is 11.3. The van der Waals surface area contributed by atoms with Crippen LogP contribution in [0.3, 0.4) is 0 Å². The largest absolute Gasteiger partial charge is 0.497 e. The standard InChI is InChI=1S/C11H15NO3.ClH/c1-15-10-4-2-3-8(6-10)5-9(7-12)11(13)14;/h2-4,6,9H,5,7,12H2,1H3,(H,13,14);1H. The Morgan fingerprint density at radius 1 is 1.56 bits per heavy atom. The molecule has 90 valence electrons. The molecule has 1 unspecified atom stereocenters. The summed E-state index contributed by atoms with van der Waals surface area (Å²) in [6.07, 6.45) is 0.434. The number of carbonyl (C=O) groups is 1. The van der Waals surface area contributed by atoms with E-state index in [0.717, 1.165) is 11.3 Å². The van der Waals surface area contributed by atoms with Crippen molar-refractivity contribution in [3.05, 3.63) is 29.8 Å². The number of ether oxygens (including phenoxy) is 1. The van der Waals surface area contributed by atoms with E-state index in [1.807, 2.05) is 24.3 Å². The topological polar surface area (TPSA) is 72.5 Å². The van der Waals surface area contributed by atoms with E-state index < -0.39 is 11.9 Å². The summed E-state index contributed by atoms with van der Waals surface area (Å²) in [6.45, 7) is 0.145. The molecule has 3 N–H and O–H groups in total. The minimum Gasteiger partial charge on any atom is -0.497 e. The summed E-state index contributed by atoms with van der Waals surface area (Å²) in [7, 11) is 1.58. The van der Waals surface area contributed by atoms with Gasteiger partial charge in [-0.25, -0.2) is 0 Å². The van der Waals surface area contributed by atoms with E-state index in [-0.39, 0.29) is 19.0 Å². The second-order valence-electron chi connectivity index (χ2n) is 3.33. The molecule has 0 saturated heterocycles. The molecule has 1 aromatic carbocycles. The van der Waals surface area contributed by atoms with Crippen LogP contribution in [0.5, 0.6) is 5.75 Å². The maximum absolute atomic E-state index is 10.8. The van der Waals surface area contributed by atoms with Crippen LogP contribution >= 0.6 is 12.4 Å². The van der Waals surface area contributed by atoms with Gasteiger partial charge < -0.3 is 15.6 Å². The normalized spacial score (nSPS) is 11.4. The first kappa shape index (κ1) is 14.7. The first-order valence-electron chi connectivity index (χ1n) is 4.73. The van der Waals surface area contributed by atoms with Gasteiger partial charge in [0.05, 0.1) is 13.0 Å². The Balaban J connectivity index is 0.00000225. The molecule has 0 radical (unpaired) electrons. The first-order chi connectivity index (χ1) is 7.17. The van der Waals surface area contributed by atoms with Crippen LogP contribution < -0.4 is 10.5 Å². The molecule has 0 aliphatic rings. The van der Waals surface area contributed by atoms with Crippen LogP contribution in [-0.2, 0) is 11.2 Å². The van der Waals surface area contributed by atoms with Crippen molar-refractivity contribution in [2.75, 3.05) is 13.7 Å². The lowest BCUT2D eigenvalue weighted by molar-refractivity contribution is -0.141. The number of hydrogen-bond acceptors (Lipinski definition) is 3. The Morgan fingerprint density at radius 2 is 2.25 bits per heavy atom. The van der Waals surface area contributed by atoms with Crippen molar-refractivity contribution >= 4 is 18.4 Å². The molecular formula is C11H16ClNO3. The summed E-state index contributed by atoms with van der Waals surface area (Å²) in [6, 6.07) is 7.35. The SMILES string of the molecule is COc1cccc(CC(CN)C(=O)O)c1.Cl. The third-order valence-corrected chi connectivity index (χ3v) is 2.25. The molecule has 0 saturated carbocycles. The molecule has 0 heterocycles. The predicted octanol–water partition coefficient (Wildman–Crippen LogP) is 1.32. The van der Waals surface area contributed by atoms with Crippen LogP contribution in [0.15, 0.2) is 24.3 Å². The van der Waals surface area contributed by atoms with Gasteiger partial charge in [0.25, 0.3) is 0 Å². The van der Waals surface area contributed by atoms with E-state index in [2.05, 4.69) is 0 Å². The Labute approximate surface area is 101 Å². The van der Waals surface area contributed by atoms with Crippen molar-refractivity contribution in [1.29, 1.82) is 0 Å². The summed E-state index contributed by atoms with van der Waals surface area (Å²) in [4.78, 5) is 10.8. The van der Waals surface area contributed by atoms with E-state index in [4.69, 9.17) is 15.6 Å². The summed E-state index contributed by atoms with van der Waals surface area (Å²) >= 11 is 0. The van der Waals surface area contributed by atoms with Crippen molar-refractivity contribution in [3.63, 3.8) is 0 Å². The lowest BCUT2D eigenvalue weighted by Gasteiger charge is -2.10. The van der Waals surface area contributed by atoms with E-state index in [0.29, 0.717) is 6.42 Å². The van der Waals surface area contributed by atoms with Crippen molar-refractivity contribution in [1.82, 2.24) is 0 Å². The van der Waals surface area contributed by atoms with Gasteiger partial charge in [0.15, 0.2) is 0 Å². The average Bonchev–Trinajstić information content (AvgIpc) is 2.25. The Bertz CT molecular complexity index is 344. The van der Waals surface area contributed by atoms with Gasteiger partial charge in [0.1, 0.15) is 5.75 Å². The van der Waals surface area contributed by atoms with Crippen molar-refractivity contribution in [3.8, 4) is 5.75 Å². The molecule has 0 aromatic heterocycles. The Morgan fingerprint density at radius 3 is 2.75 bits per heavy atom. The highest BCUT2D eigenvalue weighted by Gasteiger charge is 2.15. The Hall–Kier alpha value is -1.26. The maximum Gasteiger partial charge on any atom is 0.308 e. The van der Waals surface area contributed by atoms with E-state index in [1.165, 1.54) is 0 Å². The summed E-state index contributed by atoms with van der Waals surface area (Å²) in [5.41, 5.74) is 6.30. The van der Waals surface area contributed by atoms with Gasteiger partial charge in [-0.3, -0.25) is 4.79 Å². The van der Waals surface area contributed by atoms with Gasteiger partial charge in [-0.1, -0.05) is 12.1 Å². The highest BCUT2D eigenvalue weighted by atomic mass is 35.5. The minimum atomic E-state index is -0.861. The number of carboxylic acids is 1. The number of hydrogen-bond donors (Lipinski definition) is 2. The minimum absolute atomic E-state index is 0. The number of carboxylic acid groups (broad SMARTS) is 1. The molecule has 1 rings (SSSR count). The number of nitrogens with two attached hydrogens (primary N) is 1. The first-order valence-corrected chi connectivity index (χ1v) is 4.73. The lowest BCUT2D eigenvalue weighted by atomic mass is 9.99. The van der Waals surface area contributed by atoms with Crippen molar-refractivity contribution in [2.24, 2.45) is 11.7 Å². The number of rotatable bonds is 5. The zero-order valence-electron chi connectivity index (χ0n) is 9.05. The second-order valence-corrected chi connectivity index (χ2v) is 3.33. The fraction of sp³-hybridized carbons (Fsp3) is 0.364. The number of benzene rings is 1. The third-order valence-electron chi connectivity index (χ3n) is 2.25. The summed E-state index contributed by atoms with van der Waals surface area (Å²) in [5, 5.41) is 8.85. The van der Waals surface area contributed by atoms with Crippen LogP contribution in [0.25, 0.3) is 0 Å². The predicted molar refractivity (Wildman–Crippen MR) is 64.1 cm³/mol. The Kier molecular flexibility index (Phi) is 6.53. The van der Waals surface area contributed by atoms with E-state index in [1.54, 1.807) is 7.11 Å². The number of methoxy groups -OCH3 is 1. The molecule has 0 spiro atoms. The highest BCUT2D eigenvalue weighted by Crippen LogP contribution is 2.15. The quantitative estimate of drug-likeness (QED) is 0.821. The summed E-state index contributed by atoms with van der Waals surface area (Å²) in [5.74, 6) is -0.661.